The van der Waals surface area contributed by atoms with Crippen molar-refractivity contribution >= 4 is 40.7 Å². The smallest absolute Gasteiger partial charge is 0.255 e. The van der Waals surface area contributed by atoms with Crippen molar-refractivity contribution in [2.75, 3.05) is 18.4 Å². The van der Waals surface area contributed by atoms with Gasteiger partial charge in [-0.25, -0.2) is 0 Å². The third-order valence-corrected chi connectivity index (χ3v) is 5.26. The second kappa shape index (κ2) is 8.43. The highest BCUT2D eigenvalue weighted by atomic mass is 35.5. The van der Waals surface area contributed by atoms with Gasteiger partial charge in [0.25, 0.3) is 5.91 Å². The maximum Gasteiger partial charge on any atom is 0.255 e. The maximum absolute atomic E-state index is 12.6. The van der Waals surface area contributed by atoms with Gasteiger partial charge in [0.05, 0.1) is 21.2 Å². The molecule has 0 saturated carbocycles. The van der Waals surface area contributed by atoms with E-state index in [4.69, 9.17) is 28.5 Å². The van der Waals surface area contributed by atoms with Gasteiger partial charge in [-0.1, -0.05) is 35.3 Å². The van der Waals surface area contributed by atoms with Gasteiger partial charge in [-0.2, -0.15) is 5.26 Å². The molecule has 2 aromatic carbocycles. The first-order valence-electron chi connectivity index (χ1n) is 8.54. The van der Waals surface area contributed by atoms with Crippen molar-refractivity contribution in [1.82, 2.24) is 4.90 Å². The molecule has 7 heteroatoms. The van der Waals surface area contributed by atoms with Gasteiger partial charge in [0.15, 0.2) is 0 Å². The van der Waals surface area contributed by atoms with Gasteiger partial charge in [0, 0.05) is 24.7 Å². The standard InChI is InChI=1S/C20H17Cl2N3O2/c21-17-4-2-1-3-16(17)20(27)25-9-7-13(8-10-25)19(26)24-15-6-5-14(12-23)18(22)11-15/h1-6,11,13H,7-10H2,(H,24,26). The number of rotatable bonds is 3. The Morgan fingerprint density at radius 2 is 1.78 bits per heavy atom. The highest BCUT2D eigenvalue weighted by Gasteiger charge is 2.28. The molecular weight excluding hydrogens is 385 g/mol. The molecule has 1 aliphatic rings. The number of anilines is 1. The number of halogens is 2. The molecule has 1 N–H and O–H groups in total. The number of amides is 2. The van der Waals surface area contributed by atoms with Crippen LogP contribution in [-0.4, -0.2) is 29.8 Å². The molecule has 27 heavy (non-hydrogen) atoms. The van der Waals surface area contributed by atoms with E-state index in [-0.39, 0.29) is 17.7 Å². The van der Waals surface area contributed by atoms with E-state index >= 15 is 0 Å². The van der Waals surface area contributed by atoms with E-state index in [1.807, 2.05) is 6.07 Å². The lowest BCUT2D eigenvalue weighted by atomic mass is 9.95. The Labute approximate surface area is 167 Å². The fraction of sp³-hybridized carbons (Fsp3) is 0.250. The second-order valence-corrected chi connectivity index (χ2v) is 7.16. The highest BCUT2D eigenvalue weighted by Crippen LogP contribution is 2.25. The lowest BCUT2D eigenvalue weighted by molar-refractivity contribution is -0.121. The summed E-state index contributed by atoms with van der Waals surface area (Å²) in [4.78, 5) is 26.8. The number of piperidine rings is 1. The van der Waals surface area contributed by atoms with Crippen LogP contribution in [0.5, 0.6) is 0 Å². The molecule has 0 spiro atoms. The maximum atomic E-state index is 12.6. The third-order valence-electron chi connectivity index (χ3n) is 4.61. The summed E-state index contributed by atoms with van der Waals surface area (Å²) in [7, 11) is 0. The zero-order valence-corrected chi connectivity index (χ0v) is 15.9. The monoisotopic (exact) mass is 401 g/mol. The van der Waals surface area contributed by atoms with Crippen molar-refractivity contribution in [2.24, 2.45) is 5.92 Å². The fourth-order valence-corrected chi connectivity index (χ4v) is 3.52. The summed E-state index contributed by atoms with van der Waals surface area (Å²) in [6, 6.07) is 13.7. The Morgan fingerprint density at radius 3 is 2.41 bits per heavy atom. The van der Waals surface area contributed by atoms with Crippen LogP contribution >= 0.6 is 23.2 Å². The lowest BCUT2D eigenvalue weighted by Crippen LogP contribution is -2.41. The SMILES string of the molecule is N#Cc1ccc(NC(=O)C2CCN(C(=O)c3ccccc3Cl)CC2)cc1Cl. The van der Waals surface area contributed by atoms with E-state index in [1.165, 1.54) is 0 Å². The number of likely N-dealkylation sites (tertiary alicyclic amines) is 1. The summed E-state index contributed by atoms with van der Waals surface area (Å²) in [5.74, 6) is -0.409. The molecule has 0 unspecified atom stereocenters. The summed E-state index contributed by atoms with van der Waals surface area (Å²) in [5, 5.41) is 12.5. The summed E-state index contributed by atoms with van der Waals surface area (Å²) in [6.45, 7) is 0.993. The molecule has 0 atom stereocenters. The third kappa shape index (κ3) is 4.41. The molecular formula is C20H17Cl2N3O2. The predicted octanol–water partition coefficient (Wildman–Crippen LogP) is 4.36. The van der Waals surface area contributed by atoms with Crippen LogP contribution in [0.2, 0.25) is 10.0 Å². The number of nitrogens with zero attached hydrogens (tertiary/aromatic N) is 2. The minimum absolute atomic E-state index is 0.111. The van der Waals surface area contributed by atoms with Crippen LogP contribution in [0.3, 0.4) is 0 Å². The topological polar surface area (TPSA) is 73.2 Å². The van der Waals surface area contributed by atoms with Crippen molar-refractivity contribution in [1.29, 1.82) is 5.26 Å². The van der Waals surface area contributed by atoms with Crippen molar-refractivity contribution in [3.63, 3.8) is 0 Å². The van der Waals surface area contributed by atoms with Crippen LogP contribution in [0.25, 0.3) is 0 Å². The second-order valence-electron chi connectivity index (χ2n) is 6.34. The normalized spacial score (nSPS) is 14.5. The molecule has 0 aromatic heterocycles. The Morgan fingerprint density at radius 1 is 1.07 bits per heavy atom. The molecule has 2 aromatic rings. The van der Waals surface area contributed by atoms with E-state index in [0.29, 0.717) is 52.8 Å². The van der Waals surface area contributed by atoms with Crippen molar-refractivity contribution in [3.05, 3.63) is 63.6 Å². The summed E-state index contributed by atoms with van der Waals surface area (Å²) >= 11 is 12.1. The van der Waals surface area contributed by atoms with Gasteiger partial charge < -0.3 is 10.2 Å². The number of carbonyl (C=O) groups is 2. The largest absolute Gasteiger partial charge is 0.339 e. The molecule has 1 fully saturated rings. The molecule has 2 amide bonds. The van der Waals surface area contributed by atoms with Gasteiger partial charge in [0.1, 0.15) is 6.07 Å². The van der Waals surface area contributed by atoms with E-state index < -0.39 is 0 Å². The number of nitrogens with one attached hydrogen (secondary N) is 1. The number of benzene rings is 2. The molecule has 3 rings (SSSR count). The van der Waals surface area contributed by atoms with E-state index in [0.717, 1.165) is 0 Å². The minimum Gasteiger partial charge on any atom is -0.339 e. The number of nitriles is 1. The first-order valence-corrected chi connectivity index (χ1v) is 9.29. The van der Waals surface area contributed by atoms with E-state index in [2.05, 4.69) is 5.32 Å². The highest BCUT2D eigenvalue weighted by molar-refractivity contribution is 6.33. The zero-order chi connectivity index (χ0) is 19.4. The van der Waals surface area contributed by atoms with Crippen LogP contribution in [0.1, 0.15) is 28.8 Å². The predicted molar refractivity (Wildman–Crippen MR) is 105 cm³/mol. The molecule has 1 heterocycles. The summed E-state index contributed by atoms with van der Waals surface area (Å²) in [5.41, 5.74) is 1.40. The van der Waals surface area contributed by atoms with Crippen molar-refractivity contribution in [2.45, 2.75) is 12.8 Å². The average Bonchev–Trinajstić information content (AvgIpc) is 2.68. The molecule has 0 bridgehead atoms. The van der Waals surface area contributed by atoms with Crippen LogP contribution in [0.4, 0.5) is 5.69 Å². The molecule has 1 aliphatic heterocycles. The Hall–Kier alpha value is -2.55. The zero-order valence-electron chi connectivity index (χ0n) is 14.4. The first-order chi connectivity index (χ1) is 13.0. The Balaban J connectivity index is 1.58. The first kappa shape index (κ1) is 19.2. The number of hydrogen-bond donors (Lipinski definition) is 1. The van der Waals surface area contributed by atoms with Crippen molar-refractivity contribution in [3.8, 4) is 6.07 Å². The molecule has 138 valence electrons. The number of hydrogen-bond acceptors (Lipinski definition) is 3. The molecule has 0 aliphatic carbocycles. The van der Waals surface area contributed by atoms with Crippen LogP contribution in [0, 0.1) is 17.2 Å². The van der Waals surface area contributed by atoms with E-state index in [9.17, 15) is 9.59 Å². The van der Waals surface area contributed by atoms with Crippen LogP contribution in [-0.2, 0) is 4.79 Å². The molecule has 0 radical (unpaired) electrons. The van der Waals surface area contributed by atoms with Crippen molar-refractivity contribution < 1.29 is 9.59 Å². The van der Waals surface area contributed by atoms with Crippen LogP contribution < -0.4 is 5.32 Å². The summed E-state index contributed by atoms with van der Waals surface area (Å²) < 4.78 is 0. The number of carbonyl (C=O) groups excluding carboxylic acids is 2. The summed E-state index contributed by atoms with van der Waals surface area (Å²) in [6.07, 6.45) is 1.15. The van der Waals surface area contributed by atoms with Crippen LogP contribution in [0.15, 0.2) is 42.5 Å². The molecule has 5 nitrogen and oxygen atoms in total. The Kier molecular flexibility index (Phi) is 6.00. The average molecular weight is 402 g/mol. The van der Waals surface area contributed by atoms with Gasteiger partial charge in [0.2, 0.25) is 5.91 Å². The Bertz CT molecular complexity index is 916. The van der Waals surface area contributed by atoms with Gasteiger partial charge >= 0.3 is 0 Å². The quantitative estimate of drug-likeness (QED) is 0.829. The van der Waals surface area contributed by atoms with E-state index in [1.54, 1.807) is 47.4 Å². The molecule has 1 saturated heterocycles. The lowest BCUT2D eigenvalue weighted by Gasteiger charge is -2.31. The van der Waals surface area contributed by atoms with Gasteiger partial charge in [-0.05, 0) is 43.2 Å². The van der Waals surface area contributed by atoms with Gasteiger partial charge in [-0.3, -0.25) is 9.59 Å². The minimum atomic E-state index is -0.185. The fourth-order valence-electron chi connectivity index (χ4n) is 3.08. The van der Waals surface area contributed by atoms with Gasteiger partial charge in [-0.15, -0.1) is 0 Å².